The average molecular weight is 317 g/mol. The quantitative estimate of drug-likeness (QED) is 0.330. The summed E-state index contributed by atoms with van der Waals surface area (Å²) in [6.07, 6.45) is 1.41. The van der Waals surface area contributed by atoms with Crippen molar-refractivity contribution in [1.82, 2.24) is 5.32 Å². The Balaban J connectivity index is 1.87. The molecule has 0 aromatic heterocycles. The largest absolute Gasteiger partial charge is 0.358 e. The number of fused-ring (bicyclic) bond motifs is 1. The van der Waals surface area contributed by atoms with E-state index in [0.717, 1.165) is 10.8 Å². The van der Waals surface area contributed by atoms with E-state index in [1.807, 2.05) is 42.5 Å². The van der Waals surface area contributed by atoms with Gasteiger partial charge < -0.3 is 10.1 Å². The van der Waals surface area contributed by atoms with Crippen LogP contribution in [0.5, 0.6) is 0 Å². The van der Waals surface area contributed by atoms with Gasteiger partial charge in [-0.15, -0.1) is 0 Å². The van der Waals surface area contributed by atoms with Crippen LogP contribution in [0, 0.1) is 15.5 Å². The highest BCUT2D eigenvalue weighted by molar-refractivity contribution is 6.01. The van der Waals surface area contributed by atoms with Gasteiger partial charge in [0.15, 0.2) is 0 Å². The van der Waals surface area contributed by atoms with Gasteiger partial charge in [-0.25, -0.2) is 5.32 Å². The topological polar surface area (TPSA) is 79.0 Å². The van der Waals surface area contributed by atoms with Crippen LogP contribution < -0.4 is 5.32 Å². The number of amidine groups is 1. The minimum atomic E-state index is -0.525. The van der Waals surface area contributed by atoms with Crippen molar-refractivity contribution in [2.75, 3.05) is 0 Å². The molecule has 0 aliphatic carbocycles. The maximum atomic E-state index is 11.3. The van der Waals surface area contributed by atoms with E-state index in [0.29, 0.717) is 11.1 Å². The van der Waals surface area contributed by atoms with Gasteiger partial charge >= 0.3 is 5.82 Å². The Morgan fingerprint density at radius 1 is 0.958 bits per heavy atom. The number of nitro groups is 1. The highest BCUT2D eigenvalue weighted by Gasteiger charge is 2.14. The summed E-state index contributed by atoms with van der Waals surface area (Å²) in [7, 11) is 0. The molecule has 3 aromatic carbocycles. The highest BCUT2D eigenvalue weighted by atomic mass is 16.6. The van der Waals surface area contributed by atoms with E-state index in [2.05, 4.69) is 5.32 Å². The first-order valence-corrected chi connectivity index (χ1v) is 7.39. The molecule has 0 heterocycles. The lowest BCUT2D eigenvalue weighted by molar-refractivity contribution is -0.428. The molecule has 0 aliphatic rings. The Morgan fingerprint density at radius 3 is 2.33 bits per heavy atom. The molecule has 0 aliphatic heterocycles. The van der Waals surface area contributed by atoms with Gasteiger partial charge in [0, 0.05) is 11.6 Å². The van der Waals surface area contributed by atoms with Crippen molar-refractivity contribution in [3.63, 3.8) is 0 Å². The summed E-state index contributed by atoms with van der Waals surface area (Å²) in [5.41, 5.74) is 1.29. The molecular formula is C19H15N3O2. The van der Waals surface area contributed by atoms with Crippen LogP contribution in [0.1, 0.15) is 11.1 Å². The zero-order chi connectivity index (χ0) is 16.9. The number of nitrogens with zero attached hydrogens (tertiary/aromatic N) is 1. The summed E-state index contributed by atoms with van der Waals surface area (Å²) in [5.74, 6) is -0.251. The standard InChI is InChI=1S/C19H15N3O2/c20-19(17-11-10-15-8-4-5-9-16(15)13-17)21-18(22(23)24)12-14-6-2-1-3-7-14/h1-13H,(H2,20,21). The number of benzene rings is 3. The molecule has 0 atom stereocenters. The van der Waals surface area contributed by atoms with Gasteiger partial charge in [-0.05, 0) is 33.4 Å². The molecule has 5 nitrogen and oxygen atoms in total. The molecule has 24 heavy (non-hydrogen) atoms. The van der Waals surface area contributed by atoms with Gasteiger partial charge in [0.25, 0.3) is 0 Å². The monoisotopic (exact) mass is 317 g/mol. The SMILES string of the molecule is N=C(NC(=Cc1ccccc1)[N+](=O)[O-])c1ccc2ccccc2c1. The van der Waals surface area contributed by atoms with Crippen LogP contribution in [0.4, 0.5) is 0 Å². The summed E-state index contributed by atoms with van der Waals surface area (Å²) >= 11 is 0. The Labute approximate surface area is 138 Å². The third kappa shape index (κ3) is 3.47. The van der Waals surface area contributed by atoms with E-state index < -0.39 is 4.92 Å². The molecular weight excluding hydrogens is 302 g/mol. The number of hydrogen-bond acceptors (Lipinski definition) is 3. The molecule has 0 amide bonds. The predicted octanol–water partition coefficient (Wildman–Crippen LogP) is 4.03. The Morgan fingerprint density at radius 2 is 1.62 bits per heavy atom. The minimum absolute atomic E-state index is 0.0142. The van der Waals surface area contributed by atoms with Crippen LogP contribution in [0.3, 0.4) is 0 Å². The molecule has 0 saturated heterocycles. The summed E-state index contributed by atoms with van der Waals surface area (Å²) in [4.78, 5) is 10.7. The van der Waals surface area contributed by atoms with Gasteiger partial charge in [-0.1, -0.05) is 60.7 Å². The maximum Gasteiger partial charge on any atom is 0.322 e. The Bertz CT molecular complexity index is 934. The van der Waals surface area contributed by atoms with E-state index in [9.17, 15) is 10.1 Å². The van der Waals surface area contributed by atoms with E-state index >= 15 is 0 Å². The molecule has 0 unspecified atom stereocenters. The summed E-state index contributed by atoms with van der Waals surface area (Å²) in [6, 6.07) is 22.3. The summed E-state index contributed by atoms with van der Waals surface area (Å²) in [5, 5.41) is 24.0. The first-order chi connectivity index (χ1) is 11.6. The first-order valence-electron chi connectivity index (χ1n) is 7.39. The van der Waals surface area contributed by atoms with Crippen molar-refractivity contribution in [3.05, 3.63) is 99.9 Å². The smallest absolute Gasteiger partial charge is 0.322 e. The van der Waals surface area contributed by atoms with E-state index in [1.54, 1.807) is 30.3 Å². The fraction of sp³-hybridized carbons (Fsp3) is 0. The van der Waals surface area contributed by atoms with E-state index in [-0.39, 0.29) is 11.7 Å². The molecule has 3 rings (SSSR count). The molecule has 118 valence electrons. The van der Waals surface area contributed by atoms with Gasteiger partial charge in [-0.3, -0.25) is 5.41 Å². The number of nitrogens with one attached hydrogen (secondary N) is 2. The second-order valence-electron chi connectivity index (χ2n) is 5.26. The van der Waals surface area contributed by atoms with Crippen LogP contribution in [-0.4, -0.2) is 10.8 Å². The minimum Gasteiger partial charge on any atom is -0.358 e. The third-order valence-corrected chi connectivity index (χ3v) is 3.59. The maximum absolute atomic E-state index is 11.3. The lowest BCUT2D eigenvalue weighted by Gasteiger charge is -2.06. The molecule has 0 spiro atoms. The zero-order valence-electron chi connectivity index (χ0n) is 12.8. The summed E-state index contributed by atoms with van der Waals surface area (Å²) < 4.78 is 0. The van der Waals surface area contributed by atoms with Crippen molar-refractivity contribution in [2.45, 2.75) is 0 Å². The number of rotatable bonds is 4. The molecule has 0 fully saturated rings. The lowest BCUT2D eigenvalue weighted by atomic mass is 10.1. The first kappa shape index (κ1) is 15.4. The molecule has 0 saturated carbocycles. The average Bonchev–Trinajstić information content (AvgIpc) is 2.61. The molecule has 5 heteroatoms. The van der Waals surface area contributed by atoms with Crippen LogP contribution >= 0.6 is 0 Å². The highest BCUT2D eigenvalue weighted by Crippen LogP contribution is 2.16. The Kier molecular flexibility index (Phi) is 4.34. The second kappa shape index (κ2) is 6.75. The Hall–Kier alpha value is -3.47. The van der Waals surface area contributed by atoms with Crippen LogP contribution in [0.25, 0.3) is 16.8 Å². The normalized spacial score (nSPS) is 11.2. The second-order valence-corrected chi connectivity index (χ2v) is 5.26. The fourth-order valence-electron chi connectivity index (χ4n) is 2.39. The van der Waals surface area contributed by atoms with E-state index in [1.165, 1.54) is 6.08 Å². The molecule has 0 bridgehead atoms. The number of hydrogen-bond donors (Lipinski definition) is 2. The molecule has 2 N–H and O–H groups in total. The lowest BCUT2D eigenvalue weighted by Crippen LogP contribution is -2.26. The molecule has 0 radical (unpaired) electrons. The van der Waals surface area contributed by atoms with Gasteiger partial charge in [-0.2, -0.15) is 0 Å². The van der Waals surface area contributed by atoms with Crippen molar-refractivity contribution in [3.8, 4) is 0 Å². The van der Waals surface area contributed by atoms with Crippen LogP contribution in [0.15, 0.2) is 78.6 Å². The van der Waals surface area contributed by atoms with Crippen molar-refractivity contribution in [2.24, 2.45) is 0 Å². The van der Waals surface area contributed by atoms with Gasteiger partial charge in [0.05, 0.1) is 0 Å². The molecule has 3 aromatic rings. The van der Waals surface area contributed by atoms with Gasteiger partial charge in [0.1, 0.15) is 0 Å². The summed E-state index contributed by atoms with van der Waals surface area (Å²) in [6.45, 7) is 0. The zero-order valence-corrected chi connectivity index (χ0v) is 12.8. The van der Waals surface area contributed by atoms with Crippen LogP contribution in [-0.2, 0) is 0 Å². The van der Waals surface area contributed by atoms with Crippen molar-refractivity contribution in [1.29, 1.82) is 5.41 Å². The fourth-order valence-corrected chi connectivity index (χ4v) is 2.39. The van der Waals surface area contributed by atoms with Crippen LogP contribution in [0.2, 0.25) is 0 Å². The van der Waals surface area contributed by atoms with Crippen molar-refractivity contribution >= 4 is 22.7 Å². The van der Waals surface area contributed by atoms with Gasteiger partial charge in [0.2, 0.25) is 5.84 Å². The van der Waals surface area contributed by atoms with Crippen molar-refractivity contribution < 1.29 is 4.92 Å². The third-order valence-electron chi connectivity index (χ3n) is 3.59. The predicted molar refractivity (Wildman–Crippen MR) is 95.3 cm³/mol. The van der Waals surface area contributed by atoms with E-state index in [4.69, 9.17) is 5.41 Å².